The van der Waals surface area contributed by atoms with Crippen LogP contribution in [0.15, 0.2) is 22.7 Å². The summed E-state index contributed by atoms with van der Waals surface area (Å²) in [5.74, 6) is 0.243. The number of nitrogens with one attached hydrogen (secondary N) is 1. The van der Waals surface area contributed by atoms with Crippen LogP contribution in [0.3, 0.4) is 0 Å². The van der Waals surface area contributed by atoms with E-state index in [-0.39, 0.29) is 23.5 Å². The minimum absolute atomic E-state index is 0.0823. The van der Waals surface area contributed by atoms with E-state index in [9.17, 15) is 4.79 Å². The fourth-order valence-electron chi connectivity index (χ4n) is 4.41. The number of carbonyl (C=O) groups is 1. The number of hydrogen-bond donors (Lipinski definition) is 1. The molecule has 1 amide bonds. The van der Waals surface area contributed by atoms with Crippen LogP contribution < -0.4 is 5.32 Å². The average molecular weight is 409 g/mol. The van der Waals surface area contributed by atoms with E-state index in [1.807, 2.05) is 6.92 Å². The third-order valence-electron chi connectivity index (χ3n) is 6.03. The molecule has 1 heterocycles. The van der Waals surface area contributed by atoms with E-state index in [2.05, 4.69) is 10.5 Å². The second-order valence-electron chi connectivity index (χ2n) is 7.35. The molecule has 1 spiro atoms. The Balaban J connectivity index is 1.60. The zero-order valence-electron chi connectivity index (χ0n) is 15.4. The molecule has 2 fully saturated rings. The predicted octanol–water partition coefficient (Wildman–Crippen LogP) is 5.03. The quantitative estimate of drug-likeness (QED) is 0.752. The van der Waals surface area contributed by atoms with Gasteiger partial charge in [-0.25, -0.2) is 0 Å². The van der Waals surface area contributed by atoms with Gasteiger partial charge in [0.2, 0.25) is 0 Å². The van der Waals surface area contributed by atoms with Crippen molar-refractivity contribution < 1.29 is 14.1 Å². The lowest BCUT2D eigenvalue weighted by molar-refractivity contribution is -0.169. The Bertz CT molecular complexity index is 856. The molecule has 0 unspecified atom stereocenters. The van der Waals surface area contributed by atoms with Gasteiger partial charge in [-0.15, -0.1) is 0 Å². The number of rotatable bonds is 5. The molecule has 7 heteroatoms. The van der Waals surface area contributed by atoms with Gasteiger partial charge in [0.25, 0.3) is 5.91 Å². The Morgan fingerprint density at radius 2 is 2.07 bits per heavy atom. The van der Waals surface area contributed by atoms with Crippen molar-refractivity contribution in [3.05, 3.63) is 39.6 Å². The van der Waals surface area contributed by atoms with E-state index in [1.165, 1.54) is 6.42 Å². The first-order valence-electron chi connectivity index (χ1n) is 9.31. The predicted molar refractivity (Wildman–Crippen MR) is 104 cm³/mol. The Kier molecular flexibility index (Phi) is 4.95. The molecule has 1 aromatic carbocycles. The highest BCUT2D eigenvalue weighted by atomic mass is 35.5. The second kappa shape index (κ2) is 7.12. The first kappa shape index (κ1) is 18.8. The smallest absolute Gasteiger partial charge is 0.257 e. The monoisotopic (exact) mass is 408 g/mol. The zero-order chi connectivity index (χ0) is 19.2. The van der Waals surface area contributed by atoms with Crippen LogP contribution in [0.2, 0.25) is 10.0 Å². The largest absolute Gasteiger partial charge is 0.378 e. The lowest BCUT2D eigenvalue weighted by atomic mass is 9.51. The molecule has 2 atom stereocenters. The molecule has 27 heavy (non-hydrogen) atoms. The Morgan fingerprint density at radius 3 is 2.67 bits per heavy atom. The van der Waals surface area contributed by atoms with Gasteiger partial charge >= 0.3 is 0 Å². The van der Waals surface area contributed by atoms with Crippen molar-refractivity contribution in [3.63, 3.8) is 0 Å². The fraction of sp³-hybridized carbons (Fsp3) is 0.500. The molecular formula is C20H22Cl2N2O3. The molecule has 0 radical (unpaired) electrons. The van der Waals surface area contributed by atoms with Crippen molar-refractivity contribution in [2.24, 2.45) is 5.41 Å². The molecule has 5 nitrogen and oxygen atoms in total. The summed E-state index contributed by atoms with van der Waals surface area (Å²) in [5, 5.41) is 8.11. The summed E-state index contributed by atoms with van der Waals surface area (Å²) in [6.07, 6.45) is 4.44. The highest BCUT2D eigenvalue weighted by Crippen LogP contribution is 2.57. The molecule has 0 aliphatic heterocycles. The van der Waals surface area contributed by atoms with Crippen LogP contribution in [-0.4, -0.2) is 29.8 Å². The molecule has 2 aliphatic rings. The van der Waals surface area contributed by atoms with E-state index in [1.54, 1.807) is 25.1 Å². The minimum atomic E-state index is -0.203. The van der Waals surface area contributed by atoms with Crippen LogP contribution >= 0.6 is 23.2 Å². The summed E-state index contributed by atoms with van der Waals surface area (Å²) < 4.78 is 11.2. The van der Waals surface area contributed by atoms with Crippen LogP contribution in [0.5, 0.6) is 0 Å². The zero-order valence-corrected chi connectivity index (χ0v) is 16.9. The van der Waals surface area contributed by atoms with E-state index >= 15 is 0 Å². The highest BCUT2D eigenvalue weighted by Gasteiger charge is 2.59. The van der Waals surface area contributed by atoms with Crippen LogP contribution in [0, 0.1) is 12.3 Å². The van der Waals surface area contributed by atoms with E-state index in [4.69, 9.17) is 32.5 Å². The van der Waals surface area contributed by atoms with Crippen molar-refractivity contribution >= 4 is 29.1 Å². The van der Waals surface area contributed by atoms with Gasteiger partial charge in [0.1, 0.15) is 17.0 Å². The normalized spacial score (nSPS) is 23.0. The molecule has 2 aromatic rings. The second-order valence-corrected chi connectivity index (χ2v) is 8.17. The Labute approximate surface area is 168 Å². The van der Waals surface area contributed by atoms with Crippen LogP contribution in [0.25, 0.3) is 11.3 Å². The third-order valence-corrected chi connectivity index (χ3v) is 6.66. The fourth-order valence-corrected chi connectivity index (χ4v) is 4.98. The van der Waals surface area contributed by atoms with Gasteiger partial charge < -0.3 is 14.6 Å². The number of benzene rings is 1. The molecule has 144 valence electrons. The SMILES string of the molecule is CCO[C@@H]1C[C@H](NC(=O)c2c(-c3c(Cl)cccc3Cl)noc2C)C12CCC2. The van der Waals surface area contributed by atoms with Crippen LogP contribution in [-0.2, 0) is 4.74 Å². The van der Waals surface area contributed by atoms with Gasteiger partial charge in [0.15, 0.2) is 0 Å². The highest BCUT2D eigenvalue weighted by molar-refractivity contribution is 6.39. The van der Waals surface area contributed by atoms with Gasteiger partial charge in [0.05, 0.1) is 16.1 Å². The Morgan fingerprint density at radius 1 is 1.37 bits per heavy atom. The van der Waals surface area contributed by atoms with Crippen molar-refractivity contribution in [1.29, 1.82) is 0 Å². The number of hydrogen-bond acceptors (Lipinski definition) is 4. The van der Waals surface area contributed by atoms with Crippen LogP contribution in [0.4, 0.5) is 0 Å². The van der Waals surface area contributed by atoms with E-state index in [0.717, 1.165) is 19.3 Å². The van der Waals surface area contributed by atoms with E-state index < -0.39 is 0 Å². The van der Waals surface area contributed by atoms with Crippen molar-refractivity contribution in [1.82, 2.24) is 10.5 Å². The maximum absolute atomic E-state index is 13.1. The molecule has 4 rings (SSSR count). The number of amides is 1. The summed E-state index contributed by atoms with van der Waals surface area (Å²) in [4.78, 5) is 13.1. The van der Waals surface area contributed by atoms with Crippen LogP contribution in [0.1, 0.15) is 48.7 Å². The van der Waals surface area contributed by atoms with Gasteiger partial charge in [-0.3, -0.25) is 4.79 Å². The number of aromatic nitrogens is 1. The van der Waals surface area contributed by atoms with Crippen molar-refractivity contribution in [2.75, 3.05) is 6.61 Å². The molecule has 1 N–H and O–H groups in total. The average Bonchev–Trinajstić information content (AvgIpc) is 2.93. The summed E-state index contributed by atoms with van der Waals surface area (Å²) in [6, 6.07) is 5.30. The van der Waals surface area contributed by atoms with E-state index in [0.29, 0.717) is 39.2 Å². The van der Waals surface area contributed by atoms with Gasteiger partial charge in [-0.05, 0) is 45.2 Å². The van der Waals surface area contributed by atoms with Gasteiger partial charge in [-0.1, -0.05) is 40.8 Å². The summed E-state index contributed by atoms with van der Waals surface area (Å²) in [6.45, 7) is 4.43. The lowest BCUT2D eigenvalue weighted by Gasteiger charge is -2.60. The van der Waals surface area contributed by atoms with Crippen molar-refractivity contribution in [2.45, 2.75) is 51.7 Å². The molecule has 0 saturated heterocycles. The number of aryl methyl sites for hydroxylation is 1. The Hall–Kier alpha value is -1.56. The maximum Gasteiger partial charge on any atom is 0.257 e. The standard InChI is InChI=1S/C20H22Cl2N2O3/c1-3-26-15-10-14(20(15)8-5-9-20)23-19(25)16-11(2)27-24-18(16)17-12(21)6-4-7-13(17)22/h4,6-7,14-15H,3,5,8-10H2,1-2H3,(H,23,25)/t14-,15+/m0/s1. The van der Waals surface area contributed by atoms with Gasteiger partial charge in [0, 0.05) is 23.6 Å². The molecule has 1 aromatic heterocycles. The summed E-state index contributed by atoms with van der Waals surface area (Å²) in [7, 11) is 0. The topological polar surface area (TPSA) is 64.4 Å². The molecule has 0 bridgehead atoms. The third kappa shape index (κ3) is 2.96. The maximum atomic E-state index is 13.1. The minimum Gasteiger partial charge on any atom is -0.378 e. The first-order valence-corrected chi connectivity index (χ1v) is 10.1. The first-order chi connectivity index (χ1) is 13.0. The summed E-state index contributed by atoms with van der Waals surface area (Å²) in [5.41, 5.74) is 1.36. The number of carbonyl (C=O) groups excluding carboxylic acids is 1. The number of halogens is 2. The number of ether oxygens (including phenoxy) is 1. The molecule has 2 aliphatic carbocycles. The molecular weight excluding hydrogens is 387 g/mol. The number of nitrogens with zero attached hydrogens (tertiary/aromatic N) is 1. The van der Waals surface area contributed by atoms with Crippen molar-refractivity contribution in [3.8, 4) is 11.3 Å². The molecule has 2 saturated carbocycles. The lowest BCUT2D eigenvalue weighted by Crippen LogP contribution is -2.67. The van der Waals surface area contributed by atoms with Gasteiger partial charge in [-0.2, -0.15) is 0 Å². The summed E-state index contributed by atoms with van der Waals surface area (Å²) >= 11 is 12.6.